The molecular formula is C31H36N4O5S. The number of amides is 2. The van der Waals surface area contributed by atoms with Gasteiger partial charge in [0.25, 0.3) is 0 Å². The highest BCUT2D eigenvalue weighted by Gasteiger charge is 2.40. The van der Waals surface area contributed by atoms with Crippen LogP contribution < -0.4 is 19.7 Å². The number of para-hydroxylation sites is 1. The van der Waals surface area contributed by atoms with Crippen molar-refractivity contribution in [2.24, 2.45) is 0 Å². The monoisotopic (exact) mass is 576 g/mol. The molecule has 10 heteroatoms. The van der Waals surface area contributed by atoms with Crippen LogP contribution in [-0.4, -0.2) is 59.9 Å². The summed E-state index contributed by atoms with van der Waals surface area (Å²) in [5.41, 5.74) is 4.35. The molecule has 1 saturated heterocycles. The Morgan fingerprint density at radius 3 is 2.71 bits per heavy atom. The molecule has 216 valence electrons. The van der Waals surface area contributed by atoms with E-state index < -0.39 is 0 Å². The van der Waals surface area contributed by atoms with Gasteiger partial charge in [-0.15, -0.1) is 11.8 Å². The van der Waals surface area contributed by atoms with Gasteiger partial charge in [-0.3, -0.25) is 14.5 Å². The van der Waals surface area contributed by atoms with E-state index in [1.807, 2.05) is 54.1 Å². The van der Waals surface area contributed by atoms with Crippen molar-refractivity contribution in [1.82, 2.24) is 15.1 Å². The number of aryl methyl sites for hydroxylation is 1. The smallest absolute Gasteiger partial charge is 0.240 e. The Labute approximate surface area is 244 Å². The predicted molar refractivity (Wildman–Crippen MR) is 158 cm³/mol. The maximum Gasteiger partial charge on any atom is 0.240 e. The molecular weight excluding hydrogens is 540 g/mol. The Hall–Kier alpha value is -3.50. The minimum Gasteiger partial charge on any atom is -0.454 e. The third-order valence-electron chi connectivity index (χ3n) is 7.70. The van der Waals surface area contributed by atoms with Gasteiger partial charge >= 0.3 is 0 Å². The van der Waals surface area contributed by atoms with Crippen molar-refractivity contribution in [2.75, 3.05) is 37.1 Å². The molecule has 0 saturated carbocycles. The molecule has 1 fully saturated rings. The first-order chi connectivity index (χ1) is 19.7. The number of rotatable bonds is 6. The molecule has 3 aromatic rings. The highest BCUT2D eigenvalue weighted by atomic mass is 32.2. The topological polar surface area (TPSA) is 94.9 Å². The quantitative estimate of drug-likeness (QED) is 0.456. The molecule has 2 aromatic carbocycles. The van der Waals surface area contributed by atoms with Crippen LogP contribution in [0.5, 0.6) is 11.5 Å². The van der Waals surface area contributed by atoms with Crippen LogP contribution in [0.25, 0.3) is 5.69 Å². The van der Waals surface area contributed by atoms with Crippen molar-refractivity contribution in [3.63, 3.8) is 0 Å². The van der Waals surface area contributed by atoms with Crippen molar-refractivity contribution in [1.29, 1.82) is 0 Å². The number of hydrogen-bond donors (Lipinski definition) is 1. The third kappa shape index (κ3) is 5.42. The molecule has 41 heavy (non-hydrogen) atoms. The lowest BCUT2D eigenvalue weighted by Crippen LogP contribution is -2.44. The van der Waals surface area contributed by atoms with Crippen molar-refractivity contribution in [3.8, 4) is 17.2 Å². The first-order valence-corrected chi connectivity index (χ1v) is 15.1. The lowest BCUT2D eigenvalue weighted by Gasteiger charge is -2.25. The lowest BCUT2D eigenvalue weighted by molar-refractivity contribution is -0.123. The van der Waals surface area contributed by atoms with Crippen LogP contribution in [0, 0.1) is 6.92 Å². The standard InChI is InChI=1S/C31H36N4O5S/c1-19-8-5-6-10-22(19)35-30-27(29(33-35)31(2,3)4)28(20-11-12-23-24(14-20)40-18-39-23)41-17-26(37)34(30)16-25(36)32-15-21-9-7-13-38-21/h5-6,8,10-12,14,21,28H,7,9,13,15-18H2,1-4H3,(H,32,36). The summed E-state index contributed by atoms with van der Waals surface area (Å²) in [6, 6.07) is 13.9. The van der Waals surface area contributed by atoms with Crippen molar-refractivity contribution in [2.45, 2.75) is 57.3 Å². The number of nitrogens with one attached hydrogen (secondary N) is 1. The van der Waals surface area contributed by atoms with Crippen LogP contribution in [0.2, 0.25) is 0 Å². The number of thioether (sulfide) groups is 1. The molecule has 1 N–H and O–H groups in total. The molecule has 0 radical (unpaired) electrons. The zero-order valence-corrected chi connectivity index (χ0v) is 24.8. The van der Waals surface area contributed by atoms with E-state index in [0.717, 1.165) is 47.5 Å². The summed E-state index contributed by atoms with van der Waals surface area (Å²) < 4.78 is 18.8. The molecule has 2 atom stereocenters. The Morgan fingerprint density at radius 2 is 1.95 bits per heavy atom. The first-order valence-electron chi connectivity index (χ1n) is 14.1. The molecule has 0 spiro atoms. The summed E-state index contributed by atoms with van der Waals surface area (Å²) in [5, 5.41) is 7.97. The van der Waals surface area contributed by atoms with E-state index in [1.54, 1.807) is 16.7 Å². The van der Waals surface area contributed by atoms with Crippen molar-refractivity contribution < 1.29 is 23.8 Å². The van der Waals surface area contributed by atoms with E-state index in [-0.39, 0.29) is 47.7 Å². The van der Waals surface area contributed by atoms with E-state index in [0.29, 0.717) is 23.9 Å². The first kappa shape index (κ1) is 27.7. The molecule has 4 heterocycles. The number of carbonyl (C=O) groups excluding carboxylic acids is 2. The zero-order valence-electron chi connectivity index (χ0n) is 23.9. The number of benzene rings is 2. The van der Waals surface area contributed by atoms with Crippen LogP contribution in [-0.2, 0) is 19.7 Å². The summed E-state index contributed by atoms with van der Waals surface area (Å²) in [6.07, 6.45) is 1.94. The molecule has 9 nitrogen and oxygen atoms in total. The number of aromatic nitrogens is 2. The molecule has 3 aliphatic rings. The van der Waals surface area contributed by atoms with E-state index >= 15 is 0 Å². The zero-order chi connectivity index (χ0) is 28.7. The number of nitrogens with zero attached hydrogens (tertiary/aromatic N) is 3. The highest BCUT2D eigenvalue weighted by molar-refractivity contribution is 8.00. The second-order valence-corrected chi connectivity index (χ2v) is 12.9. The summed E-state index contributed by atoms with van der Waals surface area (Å²) >= 11 is 1.55. The Bertz CT molecular complexity index is 1470. The van der Waals surface area contributed by atoms with Crippen LogP contribution in [0.4, 0.5) is 5.82 Å². The predicted octanol–water partition coefficient (Wildman–Crippen LogP) is 4.67. The molecule has 0 aliphatic carbocycles. The largest absolute Gasteiger partial charge is 0.454 e. The third-order valence-corrected chi connectivity index (χ3v) is 8.95. The highest BCUT2D eigenvalue weighted by Crippen LogP contribution is 2.50. The maximum absolute atomic E-state index is 13.9. The number of ether oxygens (including phenoxy) is 3. The molecule has 2 amide bonds. The fourth-order valence-corrected chi connectivity index (χ4v) is 6.80. The Morgan fingerprint density at radius 1 is 1.15 bits per heavy atom. The lowest BCUT2D eigenvalue weighted by atomic mass is 9.87. The van der Waals surface area contributed by atoms with Crippen LogP contribution in [0.15, 0.2) is 42.5 Å². The van der Waals surface area contributed by atoms with Gasteiger partial charge in [-0.05, 0) is 49.1 Å². The minimum atomic E-state index is -0.339. The number of fused-ring (bicyclic) bond motifs is 2. The molecule has 3 aliphatic heterocycles. The van der Waals surface area contributed by atoms with Gasteiger partial charge in [0.05, 0.1) is 28.5 Å². The van der Waals surface area contributed by atoms with Gasteiger partial charge in [-0.25, -0.2) is 4.68 Å². The number of anilines is 1. The number of carbonyl (C=O) groups is 2. The van der Waals surface area contributed by atoms with Gasteiger partial charge in [-0.1, -0.05) is 45.0 Å². The van der Waals surface area contributed by atoms with E-state index in [2.05, 4.69) is 26.1 Å². The fourth-order valence-electron chi connectivity index (χ4n) is 5.61. The average molecular weight is 577 g/mol. The van der Waals surface area contributed by atoms with E-state index in [4.69, 9.17) is 19.3 Å². The van der Waals surface area contributed by atoms with Gasteiger partial charge in [0, 0.05) is 24.1 Å². The minimum absolute atomic E-state index is 0.0188. The van der Waals surface area contributed by atoms with Crippen molar-refractivity contribution in [3.05, 3.63) is 64.8 Å². The molecule has 0 bridgehead atoms. The van der Waals surface area contributed by atoms with Gasteiger partial charge in [-0.2, -0.15) is 5.10 Å². The summed E-state index contributed by atoms with van der Waals surface area (Å²) in [4.78, 5) is 28.8. The van der Waals surface area contributed by atoms with Crippen LogP contribution in [0.1, 0.15) is 61.2 Å². The Kier molecular flexibility index (Phi) is 7.46. The van der Waals surface area contributed by atoms with Gasteiger partial charge < -0.3 is 19.5 Å². The number of hydrogen-bond acceptors (Lipinski definition) is 7. The normalized spacial score (nSPS) is 20.2. The second kappa shape index (κ2) is 11.1. The van der Waals surface area contributed by atoms with E-state index in [9.17, 15) is 9.59 Å². The van der Waals surface area contributed by atoms with Crippen LogP contribution in [0.3, 0.4) is 0 Å². The fraction of sp³-hybridized carbons (Fsp3) is 0.452. The molecule has 6 rings (SSSR count). The average Bonchev–Trinajstić information content (AvgIpc) is 3.69. The van der Waals surface area contributed by atoms with Gasteiger partial charge in [0.2, 0.25) is 18.6 Å². The molecule has 1 aromatic heterocycles. The van der Waals surface area contributed by atoms with Crippen molar-refractivity contribution >= 4 is 29.4 Å². The van der Waals surface area contributed by atoms with Crippen LogP contribution >= 0.6 is 11.8 Å². The van der Waals surface area contributed by atoms with E-state index in [1.165, 1.54) is 0 Å². The second-order valence-electron chi connectivity index (χ2n) is 11.8. The maximum atomic E-state index is 13.9. The van der Waals surface area contributed by atoms with Gasteiger partial charge in [0.1, 0.15) is 12.4 Å². The van der Waals surface area contributed by atoms with Gasteiger partial charge in [0.15, 0.2) is 11.5 Å². The molecule has 2 unspecified atom stereocenters. The summed E-state index contributed by atoms with van der Waals surface area (Å²) in [7, 11) is 0. The summed E-state index contributed by atoms with van der Waals surface area (Å²) in [6.45, 7) is 9.66. The Balaban J connectivity index is 1.49. The summed E-state index contributed by atoms with van der Waals surface area (Å²) in [5.74, 6) is 1.88. The SMILES string of the molecule is Cc1ccccc1-n1nc(C(C)(C)C)c2c1N(CC(=O)NCC1CCCO1)C(=O)CSC2c1ccc2c(c1)OCO2.